The minimum atomic E-state index is -0.792. The van der Waals surface area contributed by atoms with Crippen LogP contribution in [0.2, 0.25) is 0 Å². The lowest BCUT2D eigenvalue weighted by Gasteiger charge is -2.24. The lowest BCUT2D eigenvalue weighted by Crippen LogP contribution is -2.42. The Morgan fingerprint density at radius 1 is 1.40 bits per heavy atom. The second-order valence-electron chi connectivity index (χ2n) is 4.62. The van der Waals surface area contributed by atoms with Crippen molar-refractivity contribution in [1.29, 1.82) is 0 Å². The Labute approximate surface area is 116 Å². The third-order valence-corrected chi connectivity index (χ3v) is 3.11. The van der Waals surface area contributed by atoms with Crippen LogP contribution in [0.15, 0.2) is 24.3 Å². The van der Waals surface area contributed by atoms with Gasteiger partial charge in [-0.2, -0.15) is 0 Å². The molecule has 0 spiro atoms. The van der Waals surface area contributed by atoms with Gasteiger partial charge < -0.3 is 15.0 Å². The van der Waals surface area contributed by atoms with Crippen molar-refractivity contribution >= 4 is 11.8 Å². The van der Waals surface area contributed by atoms with E-state index in [1.165, 1.54) is 12.1 Å². The molecule has 108 valence electrons. The maximum atomic E-state index is 13.5. The first-order valence-corrected chi connectivity index (χ1v) is 6.54. The Hall–Kier alpha value is -2.11. The van der Waals surface area contributed by atoms with Crippen LogP contribution in [0.25, 0.3) is 0 Å². The second-order valence-corrected chi connectivity index (χ2v) is 4.62. The summed E-state index contributed by atoms with van der Waals surface area (Å²) in [6.45, 7) is 2.80. The molecule has 0 saturated carbocycles. The van der Waals surface area contributed by atoms with Crippen molar-refractivity contribution in [2.45, 2.75) is 19.4 Å². The number of halogens is 1. The first kappa shape index (κ1) is 14.3. The smallest absolute Gasteiger partial charge is 0.263 e. The van der Waals surface area contributed by atoms with Gasteiger partial charge in [-0.3, -0.25) is 9.59 Å². The normalized spacial score (nSPS) is 17.1. The van der Waals surface area contributed by atoms with Crippen molar-refractivity contribution < 1.29 is 18.7 Å². The first-order valence-electron chi connectivity index (χ1n) is 6.54. The highest BCUT2D eigenvalue weighted by Crippen LogP contribution is 2.17. The number of hydrogen-bond donors (Lipinski definition) is 1. The van der Waals surface area contributed by atoms with Crippen molar-refractivity contribution in [3.05, 3.63) is 30.1 Å². The molecule has 0 bridgehead atoms. The summed E-state index contributed by atoms with van der Waals surface area (Å²) in [4.78, 5) is 25.0. The van der Waals surface area contributed by atoms with Gasteiger partial charge in [0.15, 0.2) is 17.7 Å². The Morgan fingerprint density at radius 3 is 2.90 bits per heavy atom. The monoisotopic (exact) mass is 280 g/mol. The Kier molecular flexibility index (Phi) is 4.55. The molecular weight excluding hydrogens is 263 g/mol. The summed E-state index contributed by atoms with van der Waals surface area (Å²) >= 11 is 0. The molecule has 1 aliphatic heterocycles. The van der Waals surface area contributed by atoms with E-state index in [1.807, 2.05) is 0 Å². The minimum absolute atomic E-state index is 0.0531. The molecule has 0 aromatic heterocycles. The topological polar surface area (TPSA) is 58.6 Å². The van der Waals surface area contributed by atoms with Gasteiger partial charge >= 0.3 is 0 Å². The molecule has 1 N–H and O–H groups in total. The number of para-hydroxylation sites is 1. The van der Waals surface area contributed by atoms with Gasteiger partial charge in [-0.05, 0) is 19.1 Å². The summed E-state index contributed by atoms with van der Waals surface area (Å²) in [5.41, 5.74) is 0. The highest BCUT2D eigenvalue weighted by molar-refractivity contribution is 5.83. The lowest BCUT2D eigenvalue weighted by molar-refractivity contribution is -0.137. The molecular formula is C14H17FN2O3. The van der Waals surface area contributed by atoms with Gasteiger partial charge in [0, 0.05) is 26.1 Å². The van der Waals surface area contributed by atoms with E-state index in [0.29, 0.717) is 19.6 Å². The molecule has 0 radical (unpaired) electrons. The molecule has 1 saturated heterocycles. The zero-order valence-corrected chi connectivity index (χ0v) is 11.3. The maximum Gasteiger partial charge on any atom is 0.263 e. The van der Waals surface area contributed by atoms with Crippen LogP contribution in [0.4, 0.5) is 4.39 Å². The predicted octanol–water partition coefficient (Wildman–Crippen LogP) is 0.942. The summed E-state index contributed by atoms with van der Waals surface area (Å²) < 4.78 is 18.8. The highest BCUT2D eigenvalue weighted by atomic mass is 19.1. The molecule has 1 aromatic rings. The zero-order valence-electron chi connectivity index (χ0n) is 11.3. The van der Waals surface area contributed by atoms with E-state index in [4.69, 9.17) is 4.74 Å². The summed E-state index contributed by atoms with van der Waals surface area (Å²) in [5, 5.41) is 2.69. The second kappa shape index (κ2) is 6.36. The maximum absolute atomic E-state index is 13.5. The molecule has 1 aromatic carbocycles. The van der Waals surface area contributed by atoms with Gasteiger partial charge in [0.25, 0.3) is 5.91 Å². The quantitative estimate of drug-likeness (QED) is 0.896. The summed E-state index contributed by atoms with van der Waals surface area (Å²) in [5.74, 6) is -0.759. The van der Waals surface area contributed by atoms with E-state index in [0.717, 1.165) is 0 Å². The van der Waals surface area contributed by atoms with E-state index >= 15 is 0 Å². The summed E-state index contributed by atoms with van der Waals surface area (Å²) in [7, 11) is 0. The standard InChI is InChI=1S/C14H17FN2O3/c1-10(20-12-5-3-2-4-11(12)15)14(19)17-8-6-13(18)16-7-9-17/h2-5,10H,6-9H2,1H3,(H,16,18). The van der Waals surface area contributed by atoms with Gasteiger partial charge in [-0.1, -0.05) is 12.1 Å². The fourth-order valence-electron chi connectivity index (χ4n) is 2.03. The number of carbonyl (C=O) groups excluding carboxylic acids is 2. The van der Waals surface area contributed by atoms with E-state index in [1.54, 1.807) is 24.0 Å². The number of rotatable bonds is 3. The lowest BCUT2D eigenvalue weighted by atomic mass is 10.3. The SMILES string of the molecule is CC(Oc1ccccc1F)C(=O)N1CCNC(=O)CC1. The number of nitrogens with one attached hydrogen (secondary N) is 1. The fraction of sp³-hybridized carbons (Fsp3) is 0.429. The van der Waals surface area contributed by atoms with E-state index in [9.17, 15) is 14.0 Å². The van der Waals surface area contributed by atoms with Gasteiger partial charge in [-0.15, -0.1) is 0 Å². The number of amides is 2. The third-order valence-electron chi connectivity index (χ3n) is 3.11. The molecule has 0 aliphatic carbocycles. The van der Waals surface area contributed by atoms with Crippen molar-refractivity contribution in [2.75, 3.05) is 19.6 Å². The Bertz CT molecular complexity index is 507. The van der Waals surface area contributed by atoms with Gasteiger partial charge in [-0.25, -0.2) is 4.39 Å². The highest BCUT2D eigenvalue weighted by Gasteiger charge is 2.24. The zero-order chi connectivity index (χ0) is 14.5. The van der Waals surface area contributed by atoms with Crippen LogP contribution in [0, 0.1) is 5.82 Å². The predicted molar refractivity (Wildman–Crippen MR) is 70.7 cm³/mol. The molecule has 1 fully saturated rings. The van der Waals surface area contributed by atoms with E-state index in [2.05, 4.69) is 5.32 Å². The Morgan fingerprint density at radius 2 is 2.15 bits per heavy atom. The van der Waals surface area contributed by atoms with Crippen LogP contribution >= 0.6 is 0 Å². The molecule has 1 unspecified atom stereocenters. The molecule has 2 amide bonds. The molecule has 2 rings (SSSR count). The van der Waals surface area contributed by atoms with Crippen molar-refractivity contribution in [2.24, 2.45) is 0 Å². The van der Waals surface area contributed by atoms with Crippen LogP contribution in [0.3, 0.4) is 0 Å². The average molecular weight is 280 g/mol. The number of ether oxygens (including phenoxy) is 1. The molecule has 1 atom stereocenters. The molecule has 1 aliphatic rings. The van der Waals surface area contributed by atoms with Crippen molar-refractivity contribution in [3.63, 3.8) is 0 Å². The number of benzene rings is 1. The molecule has 5 nitrogen and oxygen atoms in total. The molecule has 20 heavy (non-hydrogen) atoms. The van der Waals surface area contributed by atoms with Gasteiger partial charge in [0.1, 0.15) is 0 Å². The largest absolute Gasteiger partial charge is 0.478 e. The first-order chi connectivity index (χ1) is 9.58. The minimum Gasteiger partial charge on any atom is -0.478 e. The van der Waals surface area contributed by atoms with Crippen LogP contribution in [-0.4, -0.2) is 42.5 Å². The summed E-state index contributed by atoms with van der Waals surface area (Å²) in [6, 6.07) is 5.96. The van der Waals surface area contributed by atoms with Crippen LogP contribution < -0.4 is 10.1 Å². The molecule has 1 heterocycles. The van der Waals surface area contributed by atoms with E-state index in [-0.39, 0.29) is 24.0 Å². The van der Waals surface area contributed by atoms with Crippen LogP contribution in [0.5, 0.6) is 5.75 Å². The average Bonchev–Trinajstić information content (AvgIpc) is 2.65. The van der Waals surface area contributed by atoms with Crippen LogP contribution in [0.1, 0.15) is 13.3 Å². The van der Waals surface area contributed by atoms with Gasteiger partial charge in [0.2, 0.25) is 5.91 Å². The number of carbonyl (C=O) groups is 2. The fourth-order valence-corrected chi connectivity index (χ4v) is 2.03. The number of hydrogen-bond acceptors (Lipinski definition) is 3. The summed E-state index contributed by atoms with van der Waals surface area (Å²) in [6.07, 6.45) is -0.516. The number of nitrogens with zero attached hydrogens (tertiary/aromatic N) is 1. The van der Waals surface area contributed by atoms with Crippen LogP contribution in [-0.2, 0) is 9.59 Å². The van der Waals surface area contributed by atoms with Gasteiger partial charge in [0.05, 0.1) is 0 Å². The molecule has 6 heteroatoms. The third kappa shape index (κ3) is 3.46. The van der Waals surface area contributed by atoms with Crippen molar-refractivity contribution in [3.8, 4) is 5.75 Å². The Balaban J connectivity index is 1.98. The van der Waals surface area contributed by atoms with E-state index < -0.39 is 11.9 Å². The van der Waals surface area contributed by atoms with Crippen molar-refractivity contribution in [1.82, 2.24) is 10.2 Å².